The number of carbonyl (C=O) groups excluding carboxylic acids is 1. The molecule has 0 aliphatic carbocycles. The number of nitrogens with one attached hydrogen (secondary N) is 1. The number of rotatable bonds is 5. The lowest BCUT2D eigenvalue weighted by atomic mass is 9.90. The minimum Gasteiger partial charge on any atom is -0.481 e. The van der Waals surface area contributed by atoms with E-state index >= 15 is 0 Å². The molecule has 1 aliphatic rings. The molecule has 1 fully saturated rings. The summed E-state index contributed by atoms with van der Waals surface area (Å²) >= 11 is 5.98. The summed E-state index contributed by atoms with van der Waals surface area (Å²) in [5.41, 5.74) is -0.0971. The number of para-hydroxylation sites is 1. The van der Waals surface area contributed by atoms with E-state index in [0.717, 1.165) is 0 Å². The third-order valence-corrected chi connectivity index (χ3v) is 4.20. The first-order valence-electron chi connectivity index (χ1n) is 6.91. The Morgan fingerprint density at radius 1 is 1.43 bits per heavy atom. The van der Waals surface area contributed by atoms with Crippen molar-refractivity contribution in [2.24, 2.45) is 5.41 Å². The maximum atomic E-state index is 11.9. The fraction of sp³-hybridized carbons (Fsp3) is 0.467. The predicted octanol–water partition coefficient (Wildman–Crippen LogP) is 2.47. The number of amides is 1. The van der Waals surface area contributed by atoms with Gasteiger partial charge in [-0.1, -0.05) is 23.7 Å². The van der Waals surface area contributed by atoms with Crippen LogP contribution in [0.3, 0.4) is 0 Å². The number of hydrogen-bond donors (Lipinski definition) is 2. The maximum absolute atomic E-state index is 11.9. The second-order valence-corrected chi connectivity index (χ2v) is 6.08. The molecule has 0 saturated carbocycles. The molecule has 1 aliphatic heterocycles. The van der Waals surface area contributed by atoms with E-state index in [1.165, 1.54) is 0 Å². The highest BCUT2D eigenvalue weighted by molar-refractivity contribution is 6.33. The first-order chi connectivity index (χ1) is 9.90. The number of likely N-dealkylation sites (tertiary alicyclic amines) is 1. The van der Waals surface area contributed by atoms with Gasteiger partial charge < -0.3 is 15.3 Å². The number of carbonyl (C=O) groups is 2. The molecule has 1 saturated heterocycles. The Labute approximate surface area is 128 Å². The standard InChI is InChI=1S/C15H19ClN2O3/c1-15(14(20)21)7-9-18(10-15)8-6-13(19)17-12-5-3-2-4-11(12)16/h2-5H,6-10H2,1H3,(H,17,19)(H,20,21). The van der Waals surface area contributed by atoms with Crippen LogP contribution < -0.4 is 5.32 Å². The molecular formula is C15H19ClN2O3. The zero-order valence-corrected chi connectivity index (χ0v) is 12.7. The predicted molar refractivity (Wildman–Crippen MR) is 81.5 cm³/mol. The molecule has 1 heterocycles. The number of anilines is 1. The van der Waals surface area contributed by atoms with Crippen molar-refractivity contribution in [2.75, 3.05) is 25.0 Å². The molecule has 0 spiro atoms. The quantitative estimate of drug-likeness (QED) is 0.876. The van der Waals surface area contributed by atoms with Crippen LogP contribution in [0.1, 0.15) is 19.8 Å². The van der Waals surface area contributed by atoms with E-state index in [9.17, 15) is 14.7 Å². The van der Waals surface area contributed by atoms with E-state index in [-0.39, 0.29) is 5.91 Å². The van der Waals surface area contributed by atoms with Crippen LogP contribution in [-0.4, -0.2) is 41.5 Å². The van der Waals surface area contributed by atoms with Crippen LogP contribution >= 0.6 is 11.6 Å². The largest absolute Gasteiger partial charge is 0.481 e. The lowest BCUT2D eigenvalue weighted by Crippen LogP contribution is -2.33. The van der Waals surface area contributed by atoms with Gasteiger partial charge in [0.2, 0.25) is 5.91 Å². The first kappa shape index (κ1) is 15.8. The number of carboxylic acids is 1. The smallest absolute Gasteiger partial charge is 0.310 e. The molecule has 114 valence electrons. The number of carboxylic acid groups (broad SMARTS) is 1. The number of halogens is 1. The molecule has 6 heteroatoms. The van der Waals surface area contributed by atoms with Crippen molar-refractivity contribution in [3.05, 3.63) is 29.3 Å². The van der Waals surface area contributed by atoms with Gasteiger partial charge in [0.25, 0.3) is 0 Å². The van der Waals surface area contributed by atoms with E-state index in [1.807, 2.05) is 4.90 Å². The van der Waals surface area contributed by atoms with Crippen molar-refractivity contribution >= 4 is 29.2 Å². The molecule has 5 nitrogen and oxygen atoms in total. The molecular weight excluding hydrogens is 292 g/mol. The van der Waals surface area contributed by atoms with Gasteiger partial charge in [-0.3, -0.25) is 9.59 Å². The molecule has 2 N–H and O–H groups in total. The second-order valence-electron chi connectivity index (χ2n) is 5.67. The van der Waals surface area contributed by atoms with E-state index in [0.29, 0.717) is 43.2 Å². The molecule has 1 unspecified atom stereocenters. The Balaban J connectivity index is 1.81. The van der Waals surface area contributed by atoms with E-state index in [4.69, 9.17) is 11.6 Å². The van der Waals surface area contributed by atoms with Crippen LogP contribution in [0.2, 0.25) is 5.02 Å². The van der Waals surface area contributed by atoms with E-state index in [1.54, 1.807) is 31.2 Å². The fourth-order valence-electron chi connectivity index (χ4n) is 2.46. The molecule has 2 rings (SSSR count). The van der Waals surface area contributed by atoms with Crippen molar-refractivity contribution in [1.82, 2.24) is 4.90 Å². The van der Waals surface area contributed by atoms with Crippen LogP contribution in [0.4, 0.5) is 5.69 Å². The number of nitrogens with zero attached hydrogens (tertiary/aromatic N) is 1. The maximum Gasteiger partial charge on any atom is 0.310 e. The third kappa shape index (κ3) is 3.95. The highest BCUT2D eigenvalue weighted by Gasteiger charge is 2.40. The van der Waals surface area contributed by atoms with Crippen molar-refractivity contribution in [3.63, 3.8) is 0 Å². The summed E-state index contributed by atoms with van der Waals surface area (Å²) in [6, 6.07) is 7.07. The van der Waals surface area contributed by atoms with Crippen LogP contribution in [0.15, 0.2) is 24.3 Å². The Morgan fingerprint density at radius 3 is 2.76 bits per heavy atom. The monoisotopic (exact) mass is 310 g/mol. The van der Waals surface area contributed by atoms with Gasteiger partial charge in [-0.05, 0) is 32.0 Å². The van der Waals surface area contributed by atoms with Crippen molar-refractivity contribution < 1.29 is 14.7 Å². The SMILES string of the molecule is CC1(C(=O)O)CCN(CCC(=O)Nc2ccccc2Cl)C1. The number of hydrogen-bond acceptors (Lipinski definition) is 3. The summed E-state index contributed by atoms with van der Waals surface area (Å²) in [6.45, 7) is 3.50. The second kappa shape index (κ2) is 6.45. The zero-order chi connectivity index (χ0) is 15.5. The van der Waals surface area contributed by atoms with E-state index in [2.05, 4.69) is 5.32 Å². The Hall–Kier alpha value is -1.59. The molecule has 1 aromatic carbocycles. The van der Waals surface area contributed by atoms with Gasteiger partial charge in [0.15, 0.2) is 0 Å². The Bertz CT molecular complexity index is 549. The topological polar surface area (TPSA) is 69.6 Å². The highest BCUT2D eigenvalue weighted by Crippen LogP contribution is 2.30. The van der Waals surface area contributed by atoms with Crippen molar-refractivity contribution in [3.8, 4) is 0 Å². The van der Waals surface area contributed by atoms with Gasteiger partial charge in [-0.2, -0.15) is 0 Å². The average molecular weight is 311 g/mol. The molecule has 21 heavy (non-hydrogen) atoms. The molecule has 0 radical (unpaired) electrons. The van der Waals surface area contributed by atoms with Crippen molar-refractivity contribution in [1.29, 1.82) is 0 Å². The van der Waals surface area contributed by atoms with Gasteiger partial charge >= 0.3 is 5.97 Å². The fourth-order valence-corrected chi connectivity index (χ4v) is 2.64. The van der Waals surface area contributed by atoms with Crippen molar-refractivity contribution in [2.45, 2.75) is 19.8 Å². The zero-order valence-electron chi connectivity index (χ0n) is 11.9. The van der Waals surface area contributed by atoms with Gasteiger partial charge in [0.1, 0.15) is 0 Å². The summed E-state index contributed by atoms with van der Waals surface area (Å²) in [7, 11) is 0. The number of aliphatic carboxylic acids is 1. The summed E-state index contributed by atoms with van der Waals surface area (Å²) in [5, 5.41) is 12.4. The lowest BCUT2D eigenvalue weighted by Gasteiger charge is -2.19. The highest BCUT2D eigenvalue weighted by atomic mass is 35.5. The van der Waals surface area contributed by atoms with E-state index < -0.39 is 11.4 Å². The van der Waals surface area contributed by atoms with Crippen LogP contribution in [0.25, 0.3) is 0 Å². The minimum atomic E-state index is -0.773. The van der Waals surface area contributed by atoms with Crippen LogP contribution in [0, 0.1) is 5.41 Å². The molecule has 0 bridgehead atoms. The van der Waals surface area contributed by atoms with Crippen LogP contribution in [0.5, 0.6) is 0 Å². The summed E-state index contributed by atoms with van der Waals surface area (Å²) in [4.78, 5) is 25.1. The van der Waals surface area contributed by atoms with Gasteiger partial charge in [-0.25, -0.2) is 0 Å². The number of benzene rings is 1. The summed E-state index contributed by atoms with van der Waals surface area (Å²) in [5.74, 6) is -0.891. The molecule has 1 atom stereocenters. The minimum absolute atomic E-state index is 0.118. The molecule has 1 aromatic rings. The lowest BCUT2D eigenvalue weighted by molar-refractivity contribution is -0.147. The third-order valence-electron chi connectivity index (χ3n) is 3.87. The Kier molecular flexibility index (Phi) is 4.85. The normalized spacial score (nSPS) is 22.2. The first-order valence-corrected chi connectivity index (χ1v) is 7.29. The summed E-state index contributed by atoms with van der Waals surface area (Å²) < 4.78 is 0. The Morgan fingerprint density at radius 2 is 2.14 bits per heavy atom. The van der Waals surface area contributed by atoms with Gasteiger partial charge in [-0.15, -0.1) is 0 Å². The molecule has 1 amide bonds. The van der Waals surface area contributed by atoms with Crippen LogP contribution in [-0.2, 0) is 9.59 Å². The van der Waals surface area contributed by atoms with Gasteiger partial charge in [0, 0.05) is 19.5 Å². The molecule has 0 aromatic heterocycles. The van der Waals surface area contributed by atoms with Gasteiger partial charge in [0.05, 0.1) is 16.1 Å². The average Bonchev–Trinajstić information content (AvgIpc) is 2.82. The summed E-state index contributed by atoms with van der Waals surface area (Å²) in [6.07, 6.45) is 0.940.